The van der Waals surface area contributed by atoms with Crippen LogP contribution >= 0.6 is 0 Å². The summed E-state index contributed by atoms with van der Waals surface area (Å²) in [5.74, 6) is 1.01. The number of anilines is 1. The Kier molecular flexibility index (Phi) is 8.18. The van der Waals surface area contributed by atoms with Gasteiger partial charge in [0.05, 0.1) is 23.1 Å². The molecule has 1 amide bonds. The van der Waals surface area contributed by atoms with Crippen LogP contribution in [0, 0.1) is 30.0 Å². The molecular weight excluding hydrogens is 455 g/mol. The van der Waals surface area contributed by atoms with Gasteiger partial charge in [0.15, 0.2) is 0 Å². The molecule has 2 aromatic rings. The van der Waals surface area contributed by atoms with Crippen LogP contribution in [0.1, 0.15) is 114 Å². The second kappa shape index (κ2) is 11.0. The Balaban J connectivity index is 1.48. The molecule has 6 nitrogen and oxygen atoms in total. The number of nitrogens with one attached hydrogen (secondary N) is 1. The normalized spacial score (nSPS) is 20.9. The van der Waals surface area contributed by atoms with Crippen molar-refractivity contribution in [1.29, 1.82) is 0 Å². The number of carbonyl (C=O) groups is 1. The molecule has 1 heterocycles. The van der Waals surface area contributed by atoms with Gasteiger partial charge in [-0.2, -0.15) is 0 Å². The summed E-state index contributed by atoms with van der Waals surface area (Å²) in [5.41, 5.74) is 3.43. The maximum Gasteiger partial charge on any atom is 0.225 e. The van der Waals surface area contributed by atoms with Crippen molar-refractivity contribution in [2.75, 3.05) is 11.9 Å². The highest BCUT2D eigenvalue weighted by Crippen LogP contribution is 2.50. The monoisotopic (exact) mass is 498 g/mol. The molecule has 0 radical (unpaired) electrons. The highest BCUT2D eigenvalue weighted by molar-refractivity contribution is 5.91. The Bertz CT molecular complexity index is 1050. The number of hydrogen-bond acceptors (Lipinski definition) is 4. The van der Waals surface area contributed by atoms with Crippen molar-refractivity contribution >= 4 is 11.6 Å². The Morgan fingerprint density at radius 3 is 2.61 bits per heavy atom. The molecule has 7 heteroatoms. The summed E-state index contributed by atoms with van der Waals surface area (Å²) in [6.45, 7) is 11.2. The second-order valence-corrected chi connectivity index (χ2v) is 12.2. The first-order chi connectivity index (χ1) is 17.1. The molecule has 2 saturated carbocycles. The third-order valence-electron chi connectivity index (χ3n) is 8.58. The molecule has 0 saturated heterocycles. The number of aromatic nitrogens is 3. The molecule has 0 spiro atoms. The Morgan fingerprint density at radius 1 is 1.28 bits per heavy atom. The largest absolute Gasteiger partial charge is 0.396 e. The Labute approximate surface area is 215 Å². The first kappa shape index (κ1) is 26.8. The summed E-state index contributed by atoms with van der Waals surface area (Å²) >= 11 is 0. The lowest BCUT2D eigenvalue weighted by atomic mass is 9.67. The molecule has 2 aliphatic rings. The van der Waals surface area contributed by atoms with Crippen molar-refractivity contribution in [3.8, 4) is 0 Å². The third kappa shape index (κ3) is 6.16. The first-order valence-corrected chi connectivity index (χ1v) is 13.7. The Hall–Kier alpha value is -2.28. The van der Waals surface area contributed by atoms with Gasteiger partial charge in [-0.3, -0.25) is 4.79 Å². The lowest BCUT2D eigenvalue weighted by Gasteiger charge is -2.42. The summed E-state index contributed by atoms with van der Waals surface area (Å²) in [6, 6.07) is 5.19. The van der Waals surface area contributed by atoms with Crippen molar-refractivity contribution in [3.63, 3.8) is 0 Å². The standard InChI is InChI=1S/C29H43FN4O2/c1-18(2)29(4,5)17-20-14-23(15-20)34-28(21-9-10-21)27(32-33-34)22(7-6-12-35)16-26(36)31-25-11-8-19(3)13-24(25)30/h8,11,13,18,20-23,35H,6-7,9-10,12,14-17H2,1-5H3,(H,31,36)/t20-,22-,23+/m0/s1. The summed E-state index contributed by atoms with van der Waals surface area (Å²) in [6.07, 6.45) is 7.19. The fourth-order valence-electron chi connectivity index (χ4n) is 5.49. The summed E-state index contributed by atoms with van der Waals surface area (Å²) in [4.78, 5) is 12.9. The van der Waals surface area contributed by atoms with Gasteiger partial charge in [-0.1, -0.05) is 39.0 Å². The van der Waals surface area contributed by atoms with Gasteiger partial charge < -0.3 is 10.4 Å². The highest BCUT2D eigenvalue weighted by Gasteiger charge is 2.41. The van der Waals surface area contributed by atoms with Crippen LogP contribution in [-0.2, 0) is 4.79 Å². The zero-order valence-corrected chi connectivity index (χ0v) is 22.6. The number of aliphatic hydroxyl groups is 1. The van der Waals surface area contributed by atoms with Gasteiger partial charge in [0.25, 0.3) is 0 Å². The van der Waals surface area contributed by atoms with E-state index in [4.69, 9.17) is 0 Å². The van der Waals surface area contributed by atoms with E-state index in [9.17, 15) is 14.3 Å². The zero-order chi connectivity index (χ0) is 26.0. The molecule has 2 aliphatic carbocycles. The molecule has 1 atom stereocenters. The lowest BCUT2D eigenvalue weighted by molar-refractivity contribution is -0.116. The topological polar surface area (TPSA) is 80.0 Å². The number of aliphatic hydroxyl groups excluding tert-OH is 1. The number of carbonyl (C=O) groups excluding carboxylic acids is 1. The van der Waals surface area contributed by atoms with Crippen LogP contribution in [0.25, 0.3) is 0 Å². The van der Waals surface area contributed by atoms with Gasteiger partial charge >= 0.3 is 0 Å². The fourth-order valence-corrected chi connectivity index (χ4v) is 5.49. The van der Waals surface area contributed by atoms with Gasteiger partial charge in [-0.15, -0.1) is 5.10 Å². The average Bonchev–Trinajstić information content (AvgIpc) is 3.54. The minimum absolute atomic E-state index is 0.0630. The van der Waals surface area contributed by atoms with E-state index in [0.29, 0.717) is 42.1 Å². The van der Waals surface area contributed by atoms with Crippen LogP contribution in [0.5, 0.6) is 0 Å². The summed E-state index contributed by atoms with van der Waals surface area (Å²) < 4.78 is 16.5. The van der Waals surface area contributed by atoms with E-state index < -0.39 is 5.82 Å². The van der Waals surface area contributed by atoms with Crippen LogP contribution in [-0.4, -0.2) is 32.6 Å². The SMILES string of the molecule is Cc1ccc(NC(=O)C[C@H](CCCO)c2nnn([C@H]3C[C@@H](CC(C)(C)C(C)C)C3)c2C2CC2)c(F)c1. The number of halogens is 1. The maximum absolute atomic E-state index is 14.3. The average molecular weight is 499 g/mol. The molecule has 0 unspecified atom stereocenters. The van der Waals surface area contributed by atoms with Crippen LogP contribution in [0.15, 0.2) is 18.2 Å². The number of benzene rings is 1. The van der Waals surface area contributed by atoms with E-state index in [1.165, 1.54) is 18.2 Å². The second-order valence-electron chi connectivity index (χ2n) is 12.2. The lowest BCUT2D eigenvalue weighted by Crippen LogP contribution is -2.33. The fraction of sp³-hybridized carbons (Fsp3) is 0.690. The zero-order valence-electron chi connectivity index (χ0n) is 22.6. The van der Waals surface area contributed by atoms with E-state index in [-0.39, 0.29) is 30.5 Å². The minimum Gasteiger partial charge on any atom is -0.396 e. The first-order valence-electron chi connectivity index (χ1n) is 13.7. The van der Waals surface area contributed by atoms with Crippen molar-refractivity contribution in [2.24, 2.45) is 17.3 Å². The molecule has 2 fully saturated rings. The molecule has 0 bridgehead atoms. The van der Waals surface area contributed by atoms with E-state index in [2.05, 4.69) is 48.0 Å². The minimum atomic E-state index is -0.431. The molecular formula is C29H43FN4O2. The Morgan fingerprint density at radius 2 is 2.00 bits per heavy atom. The predicted molar refractivity (Wildman–Crippen MR) is 140 cm³/mol. The molecule has 4 rings (SSSR count). The van der Waals surface area contributed by atoms with Gasteiger partial charge in [-0.25, -0.2) is 9.07 Å². The van der Waals surface area contributed by atoms with E-state index in [1.54, 1.807) is 12.1 Å². The quantitative estimate of drug-likeness (QED) is 0.349. The van der Waals surface area contributed by atoms with Crippen LogP contribution in [0.4, 0.5) is 10.1 Å². The number of aryl methyl sites for hydroxylation is 1. The van der Waals surface area contributed by atoms with Crippen LogP contribution in [0.3, 0.4) is 0 Å². The molecule has 36 heavy (non-hydrogen) atoms. The molecule has 2 N–H and O–H groups in total. The maximum atomic E-state index is 14.3. The van der Waals surface area contributed by atoms with Crippen molar-refractivity contribution in [3.05, 3.63) is 41.0 Å². The molecule has 0 aliphatic heterocycles. The van der Waals surface area contributed by atoms with Crippen molar-refractivity contribution in [1.82, 2.24) is 15.0 Å². The van der Waals surface area contributed by atoms with Crippen molar-refractivity contribution in [2.45, 2.75) is 104 Å². The highest BCUT2D eigenvalue weighted by atomic mass is 19.1. The van der Waals surface area contributed by atoms with Crippen LogP contribution in [0.2, 0.25) is 0 Å². The van der Waals surface area contributed by atoms with Gasteiger partial charge in [0.2, 0.25) is 5.91 Å². The number of nitrogens with zero attached hydrogens (tertiary/aromatic N) is 3. The predicted octanol–water partition coefficient (Wildman–Crippen LogP) is 6.51. The van der Waals surface area contributed by atoms with E-state index in [1.807, 2.05) is 6.92 Å². The van der Waals surface area contributed by atoms with Gasteiger partial charge in [0.1, 0.15) is 5.82 Å². The summed E-state index contributed by atoms with van der Waals surface area (Å²) in [7, 11) is 0. The summed E-state index contributed by atoms with van der Waals surface area (Å²) in [5, 5.41) is 21.5. The van der Waals surface area contributed by atoms with Gasteiger partial charge in [0, 0.05) is 24.9 Å². The number of rotatable bonds is 12. The van der Waals surface area contributed by atoms with Crippen molar-refractivity contribution < 1.29 is 14.3 Å². The van der Waals surface area contributed by atoms with E-state index in [0.717, 1.165) is 36.9 Å². The number of amides is 1. The van der Waals surface area contributed by atoms with Crippen LogP contribution < -0.4 is 5.32 Å². The molecule has 1 aromatic heterocycles. The number of hydrogen-bond donors (Lipinski definition) is 2. The molecule has 198 valence electrons. The van der Waals surface area contributed by atoms with Gasteiger partial charge in [-0.05, 0) is 86.8 Å². The molecule has 1 aromatic carbocycles. The third-order valence-corrected chi connectivity index (χ3v) is 8.58. The smallest absolute Gasteiger partial charge is 0.225 e. The van der Waals surface area contributed by atoms with E-state index >= 15 is 0 Å².